The van der Waals surface area contributed by atoms with E-state index in [-0.39, 0.29) is 13.2 Å². The zero-order chi connectivity index (χ0) is 15.3. The summed E-state index contributed by atoms with van der Waals surface area (Å²) in [4.78, 5) is 0. The zero-order valence-corrected chi connectivity index (χ0v) is 11.2. The standard InChI is InChI=1S/C16H15F3O2/c17-16(18,19)14-7-5-12(6-8-14)11-21-15-4-2-1-3-13(15)9-10-20/h1-8,20H,9-11H2. The van der Waals surface area contributed by atoms with Crippen molar-refractivity contribution in [2.75, 3.05) is 6.61 Å². The summed E-state index contributed by atoms with van der Waals surface area (Å²) in [5.41, 5.74) is 0.848. The lowest BCUT2D eigenvalue weighted by Gasteiger charge is -2.11. The number of para-hydroxylation sites is 1. The number of hydrogen-bond donors (Lipinski definition) is 1. The molecule has 2 nitrogen and oxygen atoms in total. The quantitative estimate of drug-likeness (QED) is 0.909. The van der Waals surface area contributed by atoms with Crippen LogP contribution < -0.4 is 4.74 Å². The van der Waals surface area contributed by atoms with Crippen LogP contribution in [0.4, 0.5) is 13.2 Å². The molecule has 0 radical (unpaired) electrons. The second kappa shape index (κ2) is 6.63. The maximum absolute atomic E-state index is 12.5. The Hall–Kier alpha value is -2.01. The van der Waals surface area contributed by atoms with Gasteiger partial charge >= 0.3 is 6.18 Å². The van der Waals surface area contributed by atoms with Crippen LogP contribution in [0, 0.1) is 0 Å². The van der Waals surface area contributed by atoms with Gasteiger partial charge in [-0.15, -0.1) is 0 Å². The Bertz CT molecular complexity index is 577. The molecule has 2 aromatic carbocycles. The van der Waals surface area contributed by atoms with Crippen LogP contribution in [-0.2, 0) is 19.2 Å². The topological polar surface area (TPSA) is 29.5 Å². The molecule has 0 unspecified atom stereocenters. The number of rotatable bonds is 5. The van der Waals surface area contributed by atoms with Gasteiger partial charge in [0.05, 0.1) is 5.56 Å². The predicted octanol–water partition coefficient (Wildman–Crippen LogP) is 3.82. The van der Waals surface area contributed by atoms with Gasteiger partial charge in [-0.25, -0.2) is 0 Å². The molecule has 0 saturated carbocycles. The summed E-state index contributed by atoms with van der Waals surface area (Å²) < 4.78 is 43.0. The molecule has 0 heterocycles. The van der Waals surface area contributed by atoms with Crippen LogP contribution in [0.3, 0.4) is 0 Å². The molecule has 0 spiro atoms. The number of ether oxygens (including phenoxy) is 1. The lowest BCUT2D eigenvalue weighted by Crippen LogP contribution is -2.05. The average Bonchev–Trinajstić information content (AvgIpc) is 2.46. The first-order chi connectivity index (χ1) is 10.0. The maximum Gasteiger partial charge on any atom is 0.416 e. The molecule has 112 valence electrons. The fourth-order valence-electron chi connectivity index (χ4n) is 1.92. The van der Waals surface area contributed by atoms with E-state index >= 15 is 0 Å². The van der Waals surface area contributed by atoms with E-state index in [1.54, 1.807) is 6.07 Å². The first kappa shape index (κ1) is 15.4. The van der Waals surface area contributed by atoms with Gasteiger partial charge in [-0.1, -0.05) is 30.3 Å². The van der Waals surface area contributed by atoms with E-state index in [2.05, 4.69) is 0 Å². The van der Waals surface area contributed by atoms with Crippen molar-refractivity contribution in [2.45, 2.75) is 19.2 Å². The minimum Gasteiger partial charge on any atom is -0.489 e. The molecule has 0 atom stereocenters. The third kappa shape index (κ3) is 4.23. The Labute approximate surface area is 120 Å². The smallest absolute Gasteiger partial charge is 0.416 e. The van der Waals surface area contributed by atoms with Crippen molar-refractivity contribution >= 4 is 0 Å². The summed E-state index contributed by atoms with van der Waals surface area (Å²) in [7, 11) is 0. The van der Waals surface area contributed by atoms with Gasteiger partial charge in [0.15, 0.2) is 0 Å². The van der Waals surface area contributed by atoms with Crippen LogP contribution in [0.15, 0.2) is 48.5 Å². The van der Waals surface area contributed by atoms with Crippen LogP contribution >= 0.6 is 0 Å². The second-order valence-electron chi connectivity index (χ2n) is 4.56. The van der Waals surface area contributed by atoms with Crippen molar-refractivity contribution in [3.63, 3.8) is 0 Å². The lowest BCUT2D eigenvalue weighted by molar-refractivity contribution is -0.137. The van der Waals surface area contributed by atoms with E-state index in [0.717, 1.165) is 17.7 Å². The number of benzene rings is 2. The Morgan fingerprint density at radius 1 is 0.952 bits per heavy atom. The zero-order valence-electron chi connectivity index (χ0n) is 11.2. The minimum absolute atomic E-state index is 0.0145. The van der Waals surface area contributed by atoms with Gasteiger partial charge in [0.2, 0.25) is 0 Å². The van der Waals surface area contributed by atoms with Crippen molar-refractivity contribution in [3.8, 4) is 5.75 Å². The van der Waals surface area contributed by atoms with Crippen molar-refractivity contribution in [2.24, 2.45) is 0 Å². The van der Waals surface area contributed by atoms with Crippen molar-refractivity contribution in [1.82, 2.24) is 0 Å². The normalized spacial score (nSPS) is 11.4. The molecule has 0 amide bonds. The van der Waals surface area contributed by atoms with E-state index in [9.17, 15) is 13.2 Å². The van der Waals surface area contributed by atoms with Crippen LogP contribution in [0.1, 0.15) is 16.7 Å². The average molecular weight is 296 g/mol. The third-order valence-electron chi connectivity index (χ3n) is 3.03. The molecule has 2 aromatic rings. The first-order valence-electron chi connectivity index (χ1n) is 6.48. The minimum atomic E-state index is -4.33. The Morgan fingerprint density at radius 3 is 2.24 bits per heavy atom. The van der Waals surface area contributed by atoms with Gasteiger partial charge in [0.1, 0.15) is 12.4 Å². The van der Waals surface area contributed by atoms with Crippen LogP contribution in [-0.4, -0.2) is 11.7 Å². The molecule has 0 aliphatic rings. The van der Waals surface area contributed by atoms with Crippen LogP contribution in [0.5, 0.6) is 5.75 Å². The summed E-state index contributed by atoms with van der Waals surface area (Å²) >= 11 is 0. The molecule has 2 rings (SSSR count). The number of alkyl halides is 3. The molecule has 0 fully saturated rings. The van der Waals surface area contributed by atoms with Crippen LogP contribution in [0.25, 0.3) is 0 Å². The Morgan fingerprint density at radius 2 is 1.62 bits per heavy atom. The lowest BCUT2D eigenvalue weighted by atomic mass is 10.1. The molecule has 1 N–H and O–H groups in total. The van der Waals surface area contributed by atoms with E-state index in [0.29, 0.717) is 17.7 Å². The van der Waals surface area contributed by atoms with Gasteiger partial charge in [0.25, 0.3) is 0 Å². The highest BCUT2D eigenvalue weighted by Gasteiger charge is 2.29. The number of aliphatic hydroxyl groups is 1. The number of hydrogen-bond acceptors (Lipinski definition) is 2. The highest BCUT2D eigenvalue weighted by atomic mass is 19.4. The van der Waals surface area contributed by atoms with E-state index in [4.69, 9.17) is 9.84 Å². The Balaban J connectivity index is 2.03. The highest BCUT2D eigenvalue weighted by Crippen LogP contribution is 2.29. The highest BCUT2D eigenvalue weighted by molar-refractivity contribution is 5.34. The summed E-state index contributed by atoms with van der Waals surface area (Å²) in [6.45, 7) is 0.196. The fourth-order valence-corrected chi connectivity index (χ4v) is 1.92. The molecule has 5 heteroatoms. The molecular weight excluding hydrogens is 281 g/mol. The molecule has 0 aliphatic heterocycles. The monoisotopic (exact) mass is 296 g/mol. The third-order valence-corrected chi connectivity index (χ3v) is 3.03. The molecule has 0 aliphatic carbocycles. The van der Waals surface area contributed by atoms with Crippen LogP contribution in [0.2, 0.25) is 0 Å². The van der Waals surface area contributed by atoms with Crippen molar-refractivity contribution in [1.29, 1.82) is 0 Å². The van der Waals surface area contributed by atoms with Gasteiger partial charge in [-0.3, -0.25) is 0 Å². The van der Waals surface area contributed by atoms with Gasteiger partial charge in [0, 0.05) is 6.61 Å². The summed E-state index contributed by atoms with van der Waals surface area (Å²) in [6.07, 6.45) is -3.85. The van der Waals surface area contributed by atoms with Gasteiger partial charge in [-0.05, 0) is 35.7 Å². The first-order valence-corrected chi connectivity index (χ1v) is 6.48. The second-order valence-corrected chi connectivity index (χ2v) is 4.56. The molecule has 0 saturated heterocycles. The van der Waals surface area contributed by atoms with Gasteiger partial charge < -0.3 is 9.84 Å². The predicted molar refractivity (Wildman–Crippen MR) is 73.0 cm³/mol. The number of halogens is 3. The Kier molecular flexibility index (Phi) is 4.85. The fraction of sp³-hybridized carbons (Fsp3) is 0.250. The maximum atomic E-state index is 12.5. The number of aliphatic hydroxyl groups excluding tert-OH is 1. The van der Waals surface area contributed by atoms with E-state index in [1.165, 1.54) is 12.1 Å². The molecule has 21 heavy (non-hydrogen) atoms. The van der Waals surface area contributed by atoms with Crippen molar-refractivity contribution in [3.05, 3.63) is 65.2 Å². The molecule has 0 aromatic heterocycles. The largest absolute Gasteiger partial charge is 0.489 e. The van der Waals surface area contributed by atoms with E-state index in [1.807, 2.05) is 18.2 Å². The summed E-state index contributed by atoms with van der Waals surface area (Å²) in [6, 6.07) is 12.2. The SMILES string of the molecule is OCCc1ccccc1OCc1ccc(C(F)(F)F)cc1. The summed E-state index contributed by atoms with van der Waals surface area (Å²) in [5.74, 6) is 0.631. The summed E-state index contributed by atoms with van der Waals surface area (Å²) in [5, 5.41) is 8.97. The molecular formula is C16H15F3O2. The van der Waals surface area contributed by atoms with Gasteiger partial charge in [-0.2, -0.15) is 13.2 Å². The van der Waals surface area contributed by atoms with E-state index < -0.39 is 11.7 Å². The van der Waals surface area contributed by atoms with Crippen molar-refractivity contribution < 1.29 is 23.0 Å². The molecule has 0 bridgehead atoms.